The van der Waals surface area contributed by atoms with Crippen LogP contribution in [0.5, 0.6) is 0 Å². The van der Waals surface area contributed by atoms with E-state index in [1.54, 1.807) is 42.5 Å². The van der Waals surface area contributed by atoms with Crippen LogP contribution >= 0.6 is 11.6 Å². The smallest absolute Gasteiger partial charge is 0.398 e. The number of nitriles is 1. The number of halogens is 4. The number of rotatable bonds is 6. The molecule has 1 aromatic heterocycles. The summed E-state index contributed by atoms with van der Waals surface area (Å²) in [7, 11) is 0. The van der Waals surface area contributed by atoms with Gasteiger partial charge in [-0.15, -0.1) is 0 Å². The summed E-state index contributed by atoms with van der Waals surface area (Å²) in [4.78, 5) is 4.33. The molecule has 10 heteroatoms. The Kier molecular flexibility index (Phi) is 6.84. The van der Waals surface area contributed by atoms with Crippen LogP contribution in [0.3, 0.4) is 0 Å². The van der Waals surface area contributed by atoms with Gasteiger partial charge in [0.25, 0.3) is 0 Å². The van der Waals surface area contributed by atoms with Gasteiger partial charge in [0.1, 0.15) is 11.8 Å². The summed E-state index contributed by atoms with van der Waals surface area (Å²) < 4.78 is 39.6. The Bertz CT molecular complexity index is 1260. The van der Waals surface area contributed by atoms with E-state index >= 15 is 0 Å². The number of nitrogens with two attached hydrogens (primary N) is 2. The maximum Gasteiger partial charge on any atom is 0.422 e. The first-order chi connectivity index (χ1) is 15.5. The number of benzene rings is 2. The first kappa shape index (κ1) is 24.3. The molecule has 33 heavy (non-hydrogen) atoms. The molecule has 1 heterocycles. The molecule has 0 aliphatic carbocycles. The van der Waals surface area contributed by atoms with Gasteiger partial charge in [-0.1, -0.05) is 42.8 Å². The zero-order valence-electron chi connectivity index (χ0n) is 17.6. The number of pyridine rings is 1. The van der Waals surface area contributed by atoms with Crippen LogP contribution in [-0.4, -0.2) is 26.9 Å². The van der Waals surface area contributed by atoms with Gasteiger partial charge in [-0.3, -0.25) is 0 Å². The average molecular weight is 476 g/mol. The number of hydrazine groups is 1. The molecular weight excluding hydrogens is 455 g/mol. The molecule has 0 aliphatic heterocycles. The van der Waals surface area contributed by atoms with Gasteiger partial charge in [0.05, 0.1) is 17.8 Å². The summed E-state index contributed by atoms with van der Waals surface area (Å²) in [6, 6.07) is 16.1. The van der Waals surface area contributed by atoms with E-state index in [-0.39, 0.29) is 12.2 Å². The number of hydrogen-bond donors (Lipinski definition) is 3. The van der Waals surface area contributed by atoms with Crippen LogP contribution in [0.15, 0.2) is 60.4 Å². The van der Waals surface area contributed by atoms with Crippen molar-refractivity contribution >= 4 is 22.5 Å². The van der Waals surface area contributed by atoms with Crippen LogP contribution in [0, 0.1) is 11.3 Å². The van der Waals surface area contributed by atoms with E-state index in [2.05, 4.69) is 4.98 Å². The van der Waals surface area contributed by atoms with Crippen LogP contribution in [0.4, 0.5) is 13.2 Å². The van der Waals surface area contributed by atoms with E-state index < -0.39 is 23.9 Å². The lowest BCUT2D eigenvalue weighted by atomic mass is 9.96. The monoisotopic (exact) mass is 475 g/mol. The topological polar surface area (TPSA) is 112 Å². The SMILES string of the molecule is CCC(O)(/C(N)=C/N(N)Cc1ccc2c(-c3cccc(Cl)c3)cc(C#N)nc2c1)C(F)(F)F. The lowest BCUT2D eigenvalue weighted by Crippen LogP contribution is -2.49. The zero-order valence-corrected chi connectivity index (χ0v) is 18.3. The number of alkyl halides is 3. The van der Waals surface area contributed by atoms with Crippen molar-refractivity contribution in [3.8, 4) is 17.2 Å². The average Bonchev–Trinajstić information content (AvgIpc) is 2.76. The van der Waals surface area contributed by atoms with E-state index in [4.69, 9.17) is 23.2 Å². The highest BCUT2D eigenvalue weighted by molar-refractivity contribution is 6.30. The van der Waals surface area contributed by atoms with Gasteiger partial charge in [-0.2, -0.15) is 18.4 Å². The molecule has 172 valence electrons. The normalized spacial score (nSPS) is 14.1. The fourth-order valence-corrected chi connectivity index (χ4v) is 3.62. The van der Waals surface area contributed by atoms with Crippen molar-refractivity contribution < 1.29 is 18.3 Å². The number of fused-ring (bicyclic) bond motifs is 1. The molecular formula is C23H21ClF3N5O. The minimum Gasteiger partial charge on any atom is -0.398 e. The first-order valence-corrected chi connectivity index (χ1v) is 10.2. The molecule has 0 bridgehead atoms. The fraction of sp³-hybridized carbons (Fsp3) is 0.217. The largest absolute Gasteiger partial charge is 0.422 e. The van der Waals surface area contributed by atoms with Crippen LogP contribution in [-0.2, 0) is 6.54 Å². The van der Waals surface area contributed by atoms with Crippen molar-refractivity contribution in [3.63, 3.8) is 0 Å². The van der Waals surface area contributed by atoms with E-state index in [1.807, 2.05) is 12.1 Å². The Morgan fingerprint density at radius 2 is 1.97 bits per heavy atom. The standard InChI is InChI=1S/C23H21ClF3N5O/c1-2-22(33,23(25,26)27)21(29)13-32(30)12-14-6-7-18-19(15-4-3-5-16(24)9-15)10-17(11-28)31-20(18)8-14/h3-10,13,33H,2,12,29-30H2,1H3/b21-13-. The number of nitrogens with zero attached hydrogens (tertiary/aromatic N) is 3. The highest BCUT2D eigenvalue weighted by Crippen LogP contribution is 2.37. The third-order valence-corrected chi connectivity index (χ3v) is 5.49. The van der Waals surface area contributed by atoms with Gasteiger partial charge in [0.2, 0.25) is 5.60 Å². The second-order valence-corrected chi connectivity index (χ2v) is 7.93. The quantitative estimate of drug-likeness (QED) is 0.354. The third kappa shape index (κ3) is 5.03. The second kappa shape index (κ2) is 9.27. The molecule has 1 atom stereocenters. The lowest BCUT2D eigenvalue weighted by molar-refractivity contribution is -0.245. The molecule has 1 unspecified atom stereocenters. The molecule has 0 saturated carbocycles. The Labute approximate surface area is 193 Å². The molecule has 3 rings (SSSR count). The molecule has 6 nitrogen and oxygen atoms in total. The maximum absolute atomic E-state index is 13.2. The summed E-state index contributed by atoms with van der Waals surface area (Å²) in [5.74, 6) is 5.85. The minimum absolute atomic E-state index is 0.0146. The predicted octanol–water partition coefficient (Wildman–Crippen LogP) is 4.61. The Balaban J connectivity index is 1.97. The van der Waals surface area contributed by atoms with Gasteiger partial charge in [0.15, 0.2) is 0 Å². The molecule has 0 amide bonds. The highest BCUT2D eigenvalue weighted by Gasteiger charge is 2.54. The summed E-state index contributed by atoms with van der Waals surface area (Å²) >= 11 is 6.11. The summed E-state index contributed by atoms with van der Waals surface area (Å²) in [5, 5.41) is 21.6. The van der Waals surface area contributed by atoms with Crippen molar-refractivity contribution in [2.45, 2.75) is 31.7 Å². The van der Waals surface area contributed by atoms with E-state index in [9.17, 15) is 23.5 Å². The van der Waals surface area contributed by atoms with Crippen LogP contribution in [0.25, 0.3) is 22.0 Å². The van der Waals surface area contributed by atoms with Crippen LogP contribution in [0.1, 0.15) is 24.6 Å². The van der Waals surface area contributed by atoms with Gasteiger partial charge in [-0.05, 0) is 47.4 Å². The molecule has 5 N–H and O–H groups in total. The fourth-order valence-electron chi connectivity index (χ4n) is 3.43. The molecule has 0 spiro atoms. The van der Waals surface area contributed by atoms with E-state index in [0.29, 0.717) is 16.1 Å². The molecule has 2 aromatic carbocycles. The van der Waals surface area contributed by atoms with E-state index in [0.717, 1.165) is 27.7 Å². The van der Waals surface area contributed by atoms with Gasteiger partial charge in [-0.25, -0.2) is 10.8 Å². The van der Waals surface area contributed by atoms with Crippen molar-refractivity contribution in [1.29, 1.82) is 5.26 Å². The minimum atomic E-state index is -4.94. The molecule has 0 radical (unpaired) electrons. The molecule has 0 saturated heterocycles. The molecule has 0 aliphatic rings. The second-order valence-electron chi connectivity index (χ2n) is 7.50. The summed E-state index contributed by atoms with van der Waals surface area (Å²) in [6.45, 7) is 1.16. The third-order valence-electron chi connectivity index (χ3n) is 5.25. The van der Waals surface area contributed by atoms with Gasteiger partial charge >= 0.3 is 6.18 Å². The number of aromatic nitrogens is 1. The van der Waals surface area contributed by atoms with Crippen molar-refractivity contribution in [2.24, 2.45) is 11.6 Å². The zero-order chi connectivity index (χ0) is 24.4. The van der Waals surface area contributed by atoms with Crippen LogP contribution < -0.4 is 11.6 Å². The Hall–Kier alpha value is -3.32. The molecule has 3 aromatic rings. The maximum atomic E-state index is 13.2. The summed E-state index contributed by atoms with van der Waals surface area (Å²) in [6.07, 6.45) is -4.74. The van der Waals surface area contributed by atoms with Crippen molar-refractivity contribution in [3.05, 3.63) is 76.7 Å². The van der Waals surface area contributed by atoms with Crippen molar-refractivity contribution in [2.75, 3.05) is 0 Å². The van der Waals surface area contributed by atoms with Crippen LogP contribution in [0.2, 0.25) is 5.02 Å². The Morgan fingerprint density at radius 3 is 2.58 bits per heavy atom. The highest BCUT2D eigenvalue weighted by atomic mass is 35.5. The van der Waals surface area contributed by atoms with Gasteiger partial charge in [0, 0.05) is 16.6 Å². The predicted molar refractivity (Wildman–Crippen MR) is 120 cm³/mol. The number of aliphatic hydroxyl groups is 1. The van der Waals surface area contributed by atoms with Crippen molar-refractivity contribution in [1.82, 2.24) is 9.99 Å². The van der Waals surface area contributed by atoms with E-state index in [1.165, 1.54) is 6.92 Å². The first-order valence-electron chi connectivity index (χ1n) is 9.86. The van der Waals surface area contributed by atoms with Gasteiger partial charge < -0.3 is 15.8 Å². The number of hydrogen-bond acceptors (Lipinski definition) is 6. The summed E-state index contributed by atoms with van der Waals surface area (Å²) in [5.41, 5.74) is 4.43. The Morgan fingerprint density at radius 1 is 1.24 bits per heavy atom. The molecule has 0 fully saturated rings. The lowest BCUT2D eigenvalue weighted by Gasteiger charge is -2.30.